The molecule has 2 heterocycles. The van der Waals surface area contributed by atoms with Gasteiger partial charge in [-0.15, -0.1) is 35.3 Å². The van der Waals surface area contributed by atoms with E-state index in [0.29, 0.717) is 10.8 Å². The number of rotatable bonds is 6. The summed E-state index contributed by atoms with van der Waals surface area (Å²) < 4.78 is 32.7. The topological polar surface area (TPSA) is 106 Å². The highest BCUT2D eigenvalue weighted by Gasteiger charge is 2.21. The van der Waals surface area contributed by atoms with Crippen LogP contribution in [-0.2, 0) is 10.0 Å². The zero-order chi connectivity index (χ0) is 18.6. The van der Waals surface area contributed by atoms with Gasteiger partial charge in [0.05, 0.1) is 19.2 Å². The molecule has 2 aromatic rings. The molecule has 0 spiro atoms. The minimum Gasteiger partial charge on any atom is -0.493 e. The van der Waals surface area contributed by atoms with Gasteiger partial charge >= 0.3 is 0 Å². The van der Waals surface area contributed by atoms with Crippen molar-refractivity contribution in [1.29, 1.82) is 0 Å². The molecule has 0 fully saturated rings. The average molecular weight is 522 g/mol. The molecule has 0 saturated carbocycles. The first-order valence-electron chi connectivity index (χ1n) is 8.30. The summed E-state index contributed by atoms with van der Waals surface area (Å²) in [5.41, 5.74) is 7.00. The summed E-state index contributed by atoms with van der Waals surface area (Å²) in [6, 6.07) is 11.2. The molecule has 7 nitrogen and oxygen atoms in total. The second kappa shape index (κ2) is 9.71. The molecule has 3 rings (SSSR count). The first-order valence-corrected chi connectivity index (χ1v) is 10.6. The third-order valence-corrected chi connectivity index (χ3v) is 6.90. The first kappa shape index (κ1) is 21.9. The van der Waals surface area contributed by atoms with Crippen molar-refractivity contribution in [3.63, 3.8) is 0 Å². The highest BCUT2D eigenvalue weighted by molar-refractivity contribution is 14.0. The number of nitrogens with zero attached hydrogens (tertiary/aromatic N) is 1. The summed E-state index contributed by atoms with van der Waals surface area (Å²) in [6.45, 7) is 2.93. The summed E-state index contributed by atoms with van der Waals surface area (Å²) in [6.07, 6.45) is 0.789. The van der Waals surface area contributed by atoms with Gasteiger partial charge in [0.2, 0.25) is 10.0 Å². The summed E-state index contributed by atoms with van der Waals surface area (Å²) >= 11 is 1.24. The summed E-state index contributed by atoms with van der Waals surface area (Å²) in [4.78, 5) is 5.16. The minimum atomic E-state index is -3.48. The van der Waals surface area contributed by atoms with Crippen molar-refractivity contribution in [2.75, 3.05) is 19.7 Å². The lowest BCUT2D eigenvalue weighted by atomic mass is 10.0. The number of benzene rings is 1. The van der Waals surface area contributed by atoms with E-state index in [9.17, 15) is 8.42 Å². The first-order chi connectivity index (χ1) is 12.5. The van der Waals surface area contributed by atoms with E-state index in [-0.39, 0.29) is 49.1 Å². The molecule has 0 radical (unpaired) electrons. The van der Waals surface area contributed by atoms with Crippen LogP contribution in [0.3, 0.4) is 0 Å². The van der Waals surface area contributed by atoms with E-state index >= 15 is 0 Å². The molecule has 27 heavy (non-hydrogen) atoms. The Morgan fingerprint density at radius 1 is 1.33 bits per heavy atom. The largest absolute Gasteiger partial charge is 0.493 e. The zero-order valence-corrected chi connectivity index (χ0v) is 18.8. The Morgan fingerprint density at radius 3 is 2.85 bits per heavy atom. The molecular weight excluding hydrogens is 499 g/mol. The number of sulfonamides is 1. The number of nitrogens with two attached hydrogens (primary N) is 1. The maximum atomic E-state index is 12.1. The molecule has 148 valence electrons. The van der Waals surface area contributed by atoms with Crippen molar-refractivity contribution < 1.29 is 13.2 Å². The van der Waals surface area contributed by atoms with E-state index in [2.05, 4.69) is 15.0 Å². The standard InChI is InChI=1S/C17H22N4O3S2.HI/c1-12-6-7-16(25-12)26(22,23)20-10-9-19-17(18)21-14-8-11-24-15-5-3-2-4-13(14)15;/h2-7,14,20H,8-11H2,1H3,(H3,18,19,21);1H. The van der Waals surface area contributed by atoms with Crippen molar-refractivity contribution >= 4 is 51.3 Å². The summed E-state index contributed by atoms with van der Waals surface area (Å²) in [5, 5.41) is 3.18. The van der Waals surface area contributed by atoms with E-state index < -0.39 is 10.0 Å². The number of hydrogen-bond donors (Lipinski definition) is 3. The second-order valence-electron chi connectivity index (χ2n) is 5.90. The van der Waals surface area contributed by atoms with E-state index in [1.54, 1.807) is 12.1 Å². The van der Waals surface area contributed by atoms with Gasteiger partial charge in [-0.1, -0.05) is 18.2 Å². The van der Waals surface area contributed by atoms with Gasteiger partial charge in [0.15, 0.2) is 5.96 Å². The molecule has 0 aliphatic carbocycles. The molecule has 1 aliphatic heterocycles. The van der Waals surface area contributed by atoms with Crippen molar-refractivity contribution in [1.82, 2.24) is 10.0 Å². The number of guanidine groups is 1. The van der Waals surface area contributed by atoms with Crippen LogP contribution in [0, 0.1) is 6.92 Å². The number of halogens is 1. The van der Waals surface area contributed by atoms with E-state index in [1.807, 2.05) is 31.2 Å². The molecule has 1 aromatic heterocycles. The van der Waals surface area contributed by atoms with Crippen LogP contribution in [0.25, 0.3) is 0 Å². The van der Waals surface area contributed by atoms with Crippen molar-refractivity contribution in [2.24, 2.45) is 10.7 Å². The lowest BCUT2D eigenvalue weighted by Crippen LogP contribution is -2.38. The third-order valence-electron chi connectivity index (χ3n) is 3.95. The SMILES string of the molecule is Cc1ccc(S(=O)(=O)NCCN=C(N)NC2CCOc3ccccc32)s1.I. The molecular formula is C17H23IN4O3S2. The summed E-state index contributed by atoms with van der Waals surface area (Å²) in [7, 11) is -3.48. The molecule has 10 heteroatoms. The maximum Gasteiger partial charge on any atom is 0.250 e. The lowest BCUT2D eigenvalue weighted by Gasteiger charge is -2.26. The number of aryl methyl sites for hydroxylation is 1. The molecule has 0 bridgehead atoms. The van der Waals surface area contributed by atoms with Crippen molar-refractivity contribution in [2.45, 2.75) is 23.6 Å². The number of aliphatic imine (C=N–C) groups is 1. The van der Waals surface area contributed by atoms with Crippen LogP contribution in [0.2, 0.25) is 0 Å². The van der Waals surface area contributed by atoms with Gasteiger partial charge in [-0.05, 0) is 25.1 Å². The number of ether oxygens (including phenoxy) is 1. The van der Waals surface area contributed by atoms with Gasteiger partial charge in [-0.25, -0.2) is 13.1 Å². The number of para-hydroxylation sites is 1. The normalized spacial score (nSPS) is 16.8. The molecule has 0 amide bonds. The number of fused-ring (bicyclic) bond motifs is 1. The quantitative estimate of drug-likeness (QED) is 0.234. The van der Waals surface area contributed by atoms with E-state index in [1.165, 1.54) is 11.3 Å². The Hall–Kier alpha value is -1.37. The monoisotopic (exact) mass is 522 g/mol. The Bertz CT molecular complexity index is 899. The summed E-state index contributed by atoms with van der Waals surface area (Å²) in [5.74, 6) is 1.14. The Morgan fingerprint density at radius 2 is 2.11 bits per heavy atom. The average Bonchev–Trinajstić information content (AvgIpc) is 3.07. The van der Waals surface area contributed by atoms with Crippen LogP contribution in [0.5, 0.6) is 5.75 Å². The van der Waals surface area contributed by atoms with Crippen LogP contribution in [0.1, 0.15) is 22.9 Å². The number of nitrogens with one attached hydrogen (secondary N) is 2. The molecule has 1 aliphatic rings. The molecule has 4 N–H and O–H groups in total. The maximum absolute atomic E-state index is 12.1. The van der Waals surface area contributed by atoms with Crippen LogP contribution < -0.4 is 20.5 Å². The molecule has 0 saturated heterocycles. The number of hydrogen-bond acceptors (Lipinski definition) is 5. The Kier molecular flexibility index (Phi) is 7.89. The van der Waals surface area contributed by atoms with Crippen LogP contribution in [0.15, 0.2) is 45.6 Å². The Labute approximate surface area is 180 Å². The predicted molar refractivity (Wildman–Crippen MR) is 119 cm³/mol. The molecule has 1 aromatic carbocycles. The molecule has 1 unspecified atom stereocenters. The van der Waals surface area contributed by atoms with Crippen LogP contribution >= 0.6 is 35.3 Å². The minimum absolute atomic E-state index is 0. The lowest BCUT2D eigenvalue weighted by molar-refractivity contribution is 0.262. The smallest absolute Gasteiger partial charge is 0.250 e. The third kappa shape index (κ3) is 5.80. The van der Waals surface area contributed by atoms with Gasteiger partial charge in [-0.3, -0.25) is 4.99 Å². The second-order valence-corrected chi connectivity index (χ2v) is 9.18. The van der Waals surface area contributed by atoms with E-state index in [4.69, 9.17) is 10.5 Å². The molecule has 1 atom stereocenters. The fraction of sp³-hybridized carbons (Fsp3) is 0.353. The fourth-order valence-electron chi connectivity index (χ4n) is 2.70. The van der Waals surface area contributed by atoms with E-state index in [0.717, 1.165) is 22.6 Å². The van der Waals surface area contributed by atoms with Gasteiger partial charge in [0, 0.05) is 23.4 Å². The van der Waals surface area contributed by atoms with Gasteiger partial charge < -0.3 is 15.8 Å². The fourth-order valence-corrected chi connectivity index (χ4v) is 5.05. The Balaban J connectivity index is 0.00000261. The predicted octanol–water partition coefficient (Wildman–Crippen LogP) is 2.38. The van der Waals surface area contributed by atoms with Crippen LogP contribution in [-0.4, -0.2) is 34.1 Å². The highest BCUT2D eigenvalue weighted by Crippen LogP contribution is 2.31. The highest BCUT2D eigenvalue weighted by atomic mass is 127. The van der Waals surface area contributed by atoms with Crippen molar-refractivity contribution in [3.8, 4) is 5.75 Å². The van der Waals surface area contributed by atoms with Crippen LogP contribution in [0.4, 0.5) is 0 Å². The van der Waals surface area contributed by atoms with Gasteiger partial charge in [0.25, 0.3) is 0 Å². The van der Waals surface area contributed by atoms with Crippen molar-refractivity contribution in [3.05, 3.63) is 46.8 Å². The zero-order valence-electron chi connectivity index (χ0n) is 14.8. The van der Waals surface area contributed by atoms with Gasteiger partial charge in [0.1, 0.15) is 9.96 Å². The van der Waals surface area contributed by atoms with Gasteiger partial charge in [-0.2, -0.15) is 0 Å². The number of thiophene rings is 1.